The van der Waals surface area contributed by atoms with Gasteiger partial charge in [-0.1, -0.05) is 59.7 Å². The minimum Gasteiger partial charge on any atom is -0.507 e. The summed E-state index contributed by atoms with van der Waals surface area (Å²) in [5.74, 6) is 2.80. The summed E-state index contributed by atoms with van der Waals surface area (Å²) in [7, 11) is 0. The van der Waals surface area contributed by atoms with Gasteiger partial charge in [-0.05, 0) is 29.0 Å². The number of benzene rings is 2. The van der Waals surface area contributed by atoms with Gasteiger partial charge in [0, 0.05) is 41.6 Å². The quantitative estimate of drug-likeness (QED) is 0.393. The number of aromatic hydroxyl groups is 1. The Morgan fingerprint density at radius 3 is 2.31 bits per heavy atom. The number of halogens is 1. The molecule has 1 aliphatic heterocycles. The Kier molecular flexibility index (Phi) is 8.40. The van der Waals surface area contributed by atoms with Gasteiger partial charge in [0.2, 0.25) is 5.89 Å². The second-order valence-corrected chi connectivity index (χ2v) is 11.2. The smallest absolute Gasteiger partial charge is 0.226 e. The Morgan fingerprint density at radius 2 is 1.69 bits per heavy atom. The Labute approximate surface area is 220 Å². The molecular weight excluding hydrogens is 474 g/mol. The Balaban J connectivity index is 0.00000361. The molecule has 0 aliphatic carbocycles. The number of nitrogens with one attached hydrogen (secondary N) is 1. The first-order chi connectivity index (χ1) is 16.5. The van der Waals surface area contributed by atoms with Crippen molar-refractivity contribution < 1.29 is 14.3 Å². The Morgan fingerprint density at radius 1 is 1.03 bits per heavy atom. The highest BCUT2D eigenvalue weighted by Crippen LogP contribution is 2.41. The summed E-state index contributed by atoms with van der Waals surface area (Å²) >= 11 is 0. The molecule has 0 spiro atoms. The van der Waals surface area contributed by atoms with Gasteiger partial charge in [0.25, 0.3) is 0 Å². The minimum absolute atomic E-state index is 0. The van der Waals surface area contributed by atoms with E-state index in [9.17, 15) is 5.11 Å². The van der Waals surface area contributed by atoms with Crippen LogP contribution in [-0.2, 0) is 23.7 Å². The second-order valence-electron chi connectivity index (χ2n) is 11.2. The van der Waals surface area contributed by atoms with E-state index in [4.69, 9.17) is 14.1 Å². The van der Waals surface area contributed by atoms with Crippen LogP contribution in [0.3, 0.4) is 0 Å². The fourth-order valence-electron chi connectivity index (χ4n) is 4.26. The van der Waals surface area contributed by atoms with Gasteiger partial charge >= 0.3 is 0 Å². The highest BCUT2D eigenvalue weighted by molar-refractivity contribution is 5.86. The van der Waals surface area contributed by atoms with Crippen molar-refractivity contribution in [2.24, 2.45) is 4.99 Å². The maximum absolute atomic E-state index is 11.0. The first-order valence-corrected chi connectivity index (χ1v) is 12.3. The number of para-hydroxylation sites is 1. The summed E-state index contributed by atoms with van der Waals surface area (Å²) in [6.07, 6.45) is 3.08. The van der Waals surface area contributed by atoms with Gasteiger partial charge in [-0.25, -0.2) is 4.98 Å². The third-order valence-electron chi connectivity index (χ3n) is 6.21. The van der Waals surface area contributed by atoms with E-state index < -0.39 is 0 Å². The molecule has 0 amide bonds. The molecule has 0 fully saturated rings. The number of aliphatic imine (C=N–C) groups is 1. The maximum Gasteiger partial charge on any atom is 0.226 e. The van der Waals surface area contributed by atoms with E-state index in [0.717, 1.165) is 59.0 Å². The number of amidine groups is 1. The van der Waals surface area contributed by atoms with Gasteiger partial charge in [-0.3, -0.25) is 4.99 Å². The third kappa shape index (κ3) is 6.41. The largest absolute Gasteiger partial charge is 0.507 e. The summed E-state index contributed by atoms with van der Waals surface area (Å²) in [6.45, 7) is 14.8. The van der Waals surface area contributed by atoms with Crippen molar-refractivity contribution in [3.63, 3.8) is 0 Å². The van der Waals surface area contributed by atoms with E-state index in [0.29, 0.717) is 24.7 Å². The molecule has 194 valence electrons. The lowest BCUT2D eigenvalue weighted by Gasteiger charge is -2.27. The maximum atomic E-state index is 11.0. The molecule has 1 aliphatic rings. The van der Waals surface area contributed by atoms with Crippen LogP contribution < -0.4 is 10.1 Å². The molecule has 0 saturated heterocycles. The fourth-order valence-corrected chi connectivity index (χ4v) is 4.26. The predicted molar refractivity (Wildman–Crippen MR) is 148 cm³/mol. The van der Waals surface area contributed by atoms with Crippen LogP contribution in [-0.4, -0.2) is 35.6 Å². The molecule has 36 heavy (non-hydrogen) atoms. The number of aromatic nitrogens is 1. The highest BCUT2D eigenvalue weighted by atomic mass is 35.5. The lowest BCUT2D eigenvalue weighted by Crippen LogP contribution is -2.20. The summed E-state index contributed by atoms with van der Waals surface area (Å²) in [6, 6.07) is 12.1. The van der Waals surface area contributed by atoms with Crippen LogP contribution in [0, 0.1) is 0 Å². The van der Waals surface area contributed by atoms with Crippen LogP contribution in [0.5, 0.6) is 11.5 Å². The van der Waals surface area contributed by atoms with E-state index in [1.54, 1.807) is 6.26 Å². The molecule has 2 aromatic carbocycles. The van der Waals surface area contributed by atoms with Crippen molar-refractivity contribution in [2.45, 2.75) is 65.2 Å². The van der Waals surface area contributed by atoms with Crippen molar-refractivity contribution in [3.05, 3.63) is 65.0 Å². The van der Waals surface area contributed by atoms with Crippen molar-refractivity contribution in [1.82, 2.24) is 10.3 Å². The van der Waals surface area contributed by atoms with Crippen LogP contribution in [0.25, 0.3) is 11.5 Å². The van der Waals surface area contributed by atoms with Gasteiger partial charge in [0.05, 0.1) is 18.8 Å². The summed E-state index contributed by atoms with van der Waals surface area (Å²) < 4.78 is 12.0. The molecule has 0 atom stereocenters. The summed E-state index contributed by atoms with van der Waals surface area (Å²) in [5.41, 5.74) is 4.19. The average Bonchev–Trinajstić information content (AvgIpc) is 3.46. The van der Waals surface area contributed by atoms with E-state index in [1.165, 1.54) is 0 Å². The van der Waals surface area contributed by atoms with Gasteiger partial charge < -0.3 is 19.6 Å². The molecule has 3 aromatic rings. The highest BCUT2D eigenvalue weighted by Gasteiger charge is 2.27. The normalized spacial score (nSPS) is 13.7. The molecule has 0 bridgehead atoms. The molecule has 2 N–H and O–H groups in total. The molecule has 6 nitrogen and oxygen atoms in total. The predicted octanol–water partition coefficient (Wildman–Crippen LogP) is 6.23. The Hall–Kier alpha value is -2.99. The van der Waals surface area contributed by atoms with Gasteiger partial charge in [0.1, 0.15) is 23.6 Å². The lowest BCUT2D eigenvalue weighted by molar-refractivity contribution is 0.318. The zero-order chi connectivity index (χ0) is 25.2. The standard InChI is InChI=1S/C29H37N3O3.ClH/c1-28(2,3)22-15-20(16-23(26(22)33)29(4,5)6)27-32-21(18-35-27)11-14-34-24-10-8-7-9-19(24)17-25-30-12-13-31-25;/h7-10,15-16,18,33H,11-14,17H2,1-6H3,(H,30,31);1H. The molecule has 2 heterocycles. The third-order valence-corrected chi connectivity index (χ3v) is 6.21. The van der Waals surface area contributed by atoms with Gasteiger partial charge in [0.15, 0.2) is 0 Å². The average molecular weight is 512 g/mol. The van der Waals surface area contributed by atoms with Crippen LogP contribution >= 0.6 is 12.4 Å². The molecule has 0 saturated carbocycles. The van der Waals surface area contributed by atoms with E-state index in [2.05, 4.69) is 57.9 Å². The zero-order valence-corrected chi connectivity index (χ0v) is 23.0. The van der Waals surface area contributed by atoms with Crippen molar-refractivity contribution in [2.75, 3.05) is 19.7 Å². The van der Waals surface area contributed by atoms with Crippen molar-refractivity contribution in [1.29, 1.82) is 0 Å². The van der Waals surface area contributed by atoms with Crippen molar-refractivity contribution >= 4 is 18.2 Å². The topological polar surface area (TPSA) is 79.9 Å². The molecule has 7 heteroatoms. The van der Waals surface area contributed by atoms with Gasteiger partial charge in [-0.2, -0.15) is 0 Å². The molecule has 4 rings (SSSR count). The van der Waals surface area contributed by atoms with E-state index >= 15 is 0 Å². The number of phenols is 1. The minimum atomic E-state index is -0.212. The van der Waals surface area contributed by atoms with Crippen LogP contribution in [0.1, 0.15) is 63.9 Å². The number of phenolic OH excluding ortho intramolecular Hbond substituents is 1. The lowest BCUT2D eigenvalue weighted by atomic mass is 9.78. The van der Waals surface area contributed by atoms with E-state index in [1.807, 2.05) is 30.3 Å². The number of ether oxygens (including phenoxy) is 1. The first-order valence-electron chi connectivity index (χ1n) is 12.3. The summed E-state index contributed by atoms with van der Waals surface area (Å²) in [4.78, 5) is 9.23. The number of hydrogen-bond acceptors (Lipinski definition) is 6. The molecule has 0 radical (unpaired) electrons. The number of oxazole rings is 1. The number of nitrogens with zero attached hydrogens (tertiary/aromatic N) is 2. The van der Waals surface area contributed by atoms with Crippen LogP contribution in [0.4, 0.5) is 0 Å². The van der Waals surface area contributed by atoms with E-state index in [-0.39, 0.29) is 23.2 Å². The SMILES string of the molecule is CC(C)(C)c1cc(-c2nc(CCOc3ccccc3CC3=NCCN3)co2)cc(C(C)(C)C)c1O.Cl. The Bertz CT molecular complexity index is 1180. The molecular formula is C29H38ClN3O3. The number of rotatable bonds is 7. The summed E-state index contributed by atoms with van der Waals surface area (Å²) in [5, 5.41) is 14.3. The zero-order valence-electron chi connectivity index (χ0n) is 22.1. The number of hydrogen-bond donors (Lipinski definition) is 2. The molecule has 1 aromatic heterocycles. The second kappa shape index (κ2) is 11.0. The van der Waals surface area contributed by atoms with Crippen LogP contribution in [0.15, 0.2) is 52.1 Å². The van der Waals surface area contributed by atoms with Crippen molar-refractivity contribution in [3.8, 4) is 23.0 Å². The molecule has 0 unspecified atom stereocenters. The van der Waals surface area contributed by atoms with Gasteiger partial charge in [-0.15, -0.1) is 12.4 Å². The first kappa shape index (κ1) is 27.6. The van der Waals surface area contributed by atoms with Crippen LogP contribution in [0.2, 0.25) is 0 Å². The monoisotopic (exact) mass is 511 g/mol. The fraction of sp³-hybridized carbons (Fsp3) is 0.448.